The van der Waals surface area contributed by atoms with Crippen molar-refractivity contribution in [3.8, 4) is 0 Å². The molecule has 0 radical (unpaired) electrons. The van der Waals surface area contributed by atoms with E-state index in [9.17, 15) is 14.9 Å². The summed E-state index contributed by atoms with van der Waals surface area (Å²) in [7, 11) is 0. The second kappa shape index (κ2) is 6.15. The summed E-state index contributed by atoms with van der Waals surface area (Å²) in [4.78, 5) is 22.3. The van der Waals surface area contributed by atoms with E-state index in [1.807, 2.05) is 13.8 Å². The van der Waals surface area contributed by atoms with E-state index in [1.165, 1.54) is 23.5 Å². The second-order valence-corrected chi connectivity index (χ2v) is 5.89. The monoisotopic (exact) mass is 326 g/mol. The number of hydrogen-bond donors (Lipinski definition) is 1. The Balaban J connectivity index is 2.23. The molecule has 0 saturated carbocycles. The molecule has 1 aromatic carbocycles. The van der Waals surface area contributed by atoms with Gasteiger partial charge >= 0.3 is 0 Å². The average Bonchev–Trinajstić information content (AvgIpc) is 2.87. The first-order valence-corrected chi connectivity index (χ1v) is 7.16. The summed E-state index contributed by atoms with van der Waals surface area (Å²) < 4.78 is 0. The summed E-state index contributed by atoms with van der Waals surface area (Å²) in [6, 6.07) is 3.68. The van der Waals surface area contributed by atoms with Crippen molar-refractivity contribution in [1.29, 1.82) is 0 Å². The van der Waals surface area contributed by atoms with Crippen LogP contribution >= 0.6 is 22.9 Å². The molecule has 0 atom stereocenters. The van der Waals surface area contributed by atoms with Gasteiger partial charge < -0.3 is 0 Å². The number of benzene rings is 1. The highest BCUT2D eigenvalue weighted by Crippen LogP contribution is 2.25. The molecule has 0 aliphatic heterocycles. The van der Waals surface area contributed by atoms with Gasteiger partial charge in [0.2, 0.25) is 5.13 Å². The second-order valence-electron chi connectivity index (χ2n) is 4.48. The van der Waals surface area contributed by atoms with Crippen molar-refractivity contribution in [2.45, 2.75) is 19.8 Å². The van der Waals surface area contributed by atoms with Gasteiger partial charge in [-0.05, 0) is 6.07 Å². The number of halogens is 1. The molecular weight excluding hydrogens is 316 g/mol. The number of nitrogens with one attached hydrogen (secondary N) is 1. The van der Waals surface area contributed by atoms with Crippen LogP contribution in [0.15, 0.2) is 18.2 Å². The van der Waals surface area contributed by atoms with Crippen LogP contribution in [0.4, 0.5) is 10.8 Å². The summed E-state index contributed by atoms with van der Waals surface area (Å²) in [5, 5.41) is 22.3. The fourth-order valence-corrected chi connectivity index (χ4v) is 2.43. The highest BCUT2D eigenvalue weighted by Gasteiger charge is 2.17. The van der Waals surface area contributed by atoms with E-state index < -0.39 is 10.8 Å². The summed E-state index contributed by atoms with van der Waals surface area (Å²) in [6.45, 7) is 3.92. The lowest BCUT2D eigenvalue weighted by Crippen LogP contribution is -2.12. The number of anilines is 1. The van der Waals surface area contributed by atoms with Crippen molar-refractivity contribution < 1.29 is 9.72 Å². The van der Waals surface area contributed by atoms with Crippen LogP contribution in [0.2, 0.25) is 5.02 Å². The maximum atomic E-state index is 12.1. The zero-order valence-corrected chi connectivity index (χ0v) is 12.7. The van der Waals surface area contributed by atoms with Crippen LogP contribution in [0.5, 0.6) is 0 Å². The summed E-state index contributed by atoms with van der Waals surface area (Å²) in [5.41, 5.74) is -0.183. The van der Waals surface area contributed by atoms with E-state index in [0.717, 1.165) is 11.1 Å². The normalized spacial score (nSPS) is 10.7. The van der Waals surface area contributed by atoms with E-state index in [-0.39, 0.29) is 22.2 Å². The fraction of sp³-hybridized carbons (Fsp3) is 0.250. The van der Waals surface area contributed by atoms with Gasteiger partial charge in [-0.25, -0.2) is 0 Å². The minimum absolute atomic E-state index is 0.0205. The lowest BCUT2D eigenvalue weighted by molar-refractivity contribution is -0.384. The third kappa shape index (κ3) is 3.53. The fourth-order valence-electron chi connectivity index (χ4n) is 1.48. The maximum Gasteiger partial charge on any atom is 0.270 e. The predicted molar refractivity (Wildman–Crippen MR) is 80.1 cm³/mol. The number of nitro benzene ring substituents is 1. The van der Waals surface area contributed by atoms with Crippen molar-refractivity contribution in [2.24, 2.45) is 0 Å². The van der Waals surface area contributed by atoms with Crippen LogP contribution in [0, 0.1) is 10.1 Å². The molecule has 9 heteroatoms. The number of nitro groups is 1. The Kier molecular flexibility index (Phi) is 4.49. The highest BCUT2D eigenvalue weighted by molar-refractivity contribution is 7.15. The number of amides is 1. The van der Waals surface area contributed by atoms with E-state index in [0.29, 0.717) is 5.13 Å². The first kappa shape index (κ1) is 15.3. The van der Waals surface area contributed by atoms with Gasteiger partial charge in [0.15, 0.2) is 0 Å². The standard InChI is InChI=1S/C12H11ClN4O3S/c1-6(2)11-15-16-12(21-11)14-10(18)8-5-7(17(19)20)3-4-9(8)13/h3-6H,1-2H3,(H,14,16,18). The first-order valence-electron chi connectivity index (χ1n) is 5.97. The lowest BCUT2D eigenvalue weighted by Gasteiger charge is -2.03. The van der Waals surface area contributed by atoms with Crippen molar-refractivity contribution >= 4 is 39.7 Å². The number of aromatic nitrogens is 2. The first-order chi connectivity index (χ1) is 9.88. The van der Waals surface area contributed by atoms with Gasteiger partial charge in [0, 0.05) is 18.1 Å². The van der Waals surface area contributed by atoms with Gasteiger partial charge in [-0.15, -0.1) is 10.2 Å². The minimum atomic E-state index is -0.588. The van der Waals surface area contributed by atoms with Crippen molar-refractivity contribution in [2.75, 3.05) is 5.32 Å². The number of carbonyl (C=O) groups excluding carboxylic acids is 1. The smallest absolute Gasteiger partial charge is 0.270 e. The SMILES string of the molecule is CC(C)c1nnc(NC(=O)c2cc([N+](=O)[O-])ccc2Cl)s1. The van der Waals surface area contributed by atoms with Crippen LogP contribution in [-0.4, -0.2) is 21.0 Å². The van der Waals surface area contributed by atoms with Crippen molar-refractivity contribution in [3.63, 3.8) is 0 Å². The molecule has 2 rings (SSSR count). The molecule has 0 unspecified atom stereocenters. The van der Waals surface area contributed by atoms with E-state index in [1.54, 1.807) is 0 Å². The molecule has 0 aliphatic rings. The minimum Gasteiger partial charge on any atom is -0.296 e. The van der Waals surface area contributed by atoms with Gasteiger partial charge in [-0.3, -0.25) is 20.2 Å². The molecule has 0 fully saturated rings. The summed E-state index contributed by atoms with van der Waals surface area (Å²) >= 11 is 7.15. The van der Waals surface area contributed by atoms with Crippen molar-refractivity contribution in [1.82, 2.24) is 10.2 Å². The molecule has 1 aromatic heterocycles. The highest BCUT2D eigenvalue weighted by atomic mass is 35.5. The zero-order chi connectivity index (χ0) is 15.6. The molecular formula is C12H11ClN4O3S. The molecule has 0 saturated heterocycles. The number of nitrogens with zero attached hydrogens (tertiary/aromatic N) is 3. The largest absolute Gasteiger partial charge is 0.296 e. The predicted octanol–water partition coefficient (Wildman–Crippen LogP) is 3.48. The molecule has 0 bridgehead atoms. The van der Waals surface area contributed by atoms with Crippen LogP contribution in [0.1, 0.15) is 35.1 Å². The Labute approximate surface area is 129 Å². The van der Waals surface area contributed by atoms with Gasteiger partial charge in [0.25, 0.3) is 11.6 Å². The third-order valence-electron chi connectivity index (χ3n) is 2.56. The zero-order valence-electron chi connectivity index (χ0n) is 11.2. The quantitative estimate of drug-likeness (QED) is 0.685. The Morgan fingerprint density at radius 3 is 2.71 bits per heavy atom. The third-order valence-corrected chi connectivity index (χ3v) is 4.03. The topological polar surface area (TPSA) is 98.0 Å². The van der Waals surface area contributed by atoms with Gasteiger partial charge in [-0.1, -0.05) is 36.8 Å². The molecule has 110 valence electrons. The van der Waals surface area contributed by atoms with Crippen molar-refractivity contribution in [3.05, 3.63) is 43.9 Å². The van der Waals surface area contributed by atoms with E-state index in [2.05, 4.69) is 15.5 Å². The molecule has 1 amide bonds. The number of non-ortho nitro benzene ring substituents is 1. The average molecular weight is 327 g/mol. The molecule has 2 aromatic rings. The lowest BCUT2D eigenvalue weighted by atomic mass is 10.2. The number of hydrogen-bond acceptors (Lipinski definition) is 6. The molecule has 1 heterocycles. The van der Waals surface area contributed by atoms with Crippen LogP contribution in [0.25, 0.3) is 0 Å². The van der Waals surface area contributed by atoms with Crippen LogP contribution < -0.4 is 5.32 Å². The van der Waals surface area contributed by atoms with E-state index >= 15 is 0 Å². The Hall–Kier alpha value is -2.06. The Morgan fingerprint density at radius 1 is 1.43 bits per heavy atom. The molecule has 0 spiro atoms. The summed E-state index contributed by atoms with van der Waals surface area (Å²) in [6.07, 6.45) is 0. The molecule has 1 N–H and O–H groups in total. The molecule has 21 heavy (non-hydrogen) atoms. The maximum absolute atomic E-state index is 12.1. The number of carbonyl (C=O) groups is 1. The van der Waals surface area contributed by atoms with Gasteiger partial charge in [0.1, 0.15) is 5.01 Å². The van der Waals surface area contributed by atoms with Gasteiger partial charge in [-0.2, -0.15) is 0 Å². The van der Waals surface area contributed by atoms with E-state index in [4.69, 9.17) is 11.6 Å². The van der Waals surface area contributed by atoms with Crippen LogP contribution in [-0.2, 0) is 0 Å². The Bertz CT molecular complexity index is 702. The number of rotatable bonds is 4. The molecule has 7 nitrogen and oxygen atoms in total. The summed E-state index contributed by atoms with van der Waals surface area (Å²) in [5.74, 6) is -0.357. The Morgan fingerprint density at radius 2 is 2.14 bits per heavy atom. The van der Waals surface area contributed by atoms with Crippen LogP contribution in [0.3, 0.4) is 0 Å². The molecule has 0 aliphatic carbocycles. The van der Waals surface area contributed by atoms with Gasteiger partial charge in [0.05, 0.1) is 15.5 Å².